The maximum Gasteiger partial charge on any atom is 0.278 e. The van der Waals surface area contributed by atoms with E-state index >= 15 is 0 Å². The van der Waals surface area contributed by atoms with Crippen LogP contribution < -0.4 is 0 Å². The van der Waals surface area contributed by atoms with Crippen LogP contribution in [0.5, 0.6) is 0 Å². The highest BCUT2D eigenvalue weighted by Gasteiger charge is 2.31. The Balaban J connectivity index is 1.74. The summed E-state index contributed by atoms with van der Waals surface area (Å²) >= 11 is 6.14. The van der Waals surface area contributed by atoms with Crippen molar-refractivity contribution in [2.75, 3.05) is 32.8 Å². The molecule has 0 N–H and O–H groups in total. The number of hydrogen-bond donors (Lipinski definition) is 0. The van der Waals surface area contributed by atoms with Crippen molar-refractivity contribution < 1.29 is 9.77 Å². The average molecular weight is 351 g/mol. The fourth-order valence-corrected chi connectivity index (χ4v) is 3.14. The smallest absolute Gasteiger partial charge is 0.278 e. The first kappa shape index (κ1) is 16.7. The maximum absolute atomic E-state index is 10.9. The van der Waals surface area contributed by atoms with Crippen LogP contribution in [-0.2, 0) is 4.74 Å². The van der Waals surface area contributed by atoms with Gasteiger partial charge in [0.15, 0.2) is 5.03 Å². The lowest BCUT2D eigenvalue weighted by atomic mass is 10.1. The van der Waals surface area contributed by atoms with E-state index in [4.69, 9.17) is 16.3 Å². The van der Waals surface area contributed by atoms with Crippen molar-refractivity contribution >= 4 is 23.6 Å². The lowest BCUT2D eigenvalue weighted by Gasteiger charge is -2.21. The minimum Gasteiger partial charge on any atom is -0.381 e. The average Bonchev–Trinajstić information content (AvgIpc) is 3.18. The predicted octanol–water partition coefficient (Wildman–Crippen LogP) is 2.51. The molecule has 1 unspecified atom stereocenters. The van der Waals surface area contributed by atoms with Crippen LogP contribution in [0.1, 0.15) is 12.0 Å². The van der Waals surface area contributed by atoms with Gasteiger partial charge in [-0.25, -0.2) is 10.1 Å². The number of nitrogens with zero attached hydrogens (tertiary/aromatic N) is 4. The summed E-state index contributed by atoms with van der Waals surface area (Å²) in [6, 6.07) is 7.46. The third-order valence-corrected chi connectivity index (χ3v) is 4.51. The summed E-state index contributed by atoms with van der Waals surface area (Å²) in [4.78, 5) is 14.7. The van der Waals surface area contributed by atoms with Crippen molar-refractivity contribution in [1.82, 2.24) is 9.80 Å². The Hall–Kier alpha value is -2.12. The molecule has 0 bridgehead atoms. The van der Waals surface area contributed by atoms with Crippen molar-refractivity contribution in [1.29, 1.82) is 0 Å². The third-order valence-electron chi connectivity index (χ3n) is 4.16. The van der Waals surface area contributed by atoms with E-state index in [9.17, 15) is 10.1 Å². The van der Waals surface area contributed by atoms with E-state index in [-0.39, 0.29) is 0 Å². The first-order valence-electron chi connectivity index (χ1n) is 7.88. The molecule has 0 amide bonds. The van der Waals surface area contributed by atoms with Gasteiger partial charge in [-0.2, -0.15) is 0 Å². The molecule has 24 heavy (non-hydrogen) atoms. The van der Waals surface area contributed by atoms with Crippen molar-refractivity contribution in [2.24, 2.45) is 11.0 Å². The van der Waals surface area contributed by atoms with Crippen molar-refractivity contribution in [3.8, 4) is 0 Å². The number of hydrazone groups is 1. The molecule has 0 aromatic heterocycles. The van der Waals surface area contributed by atoms with E-state index in [0.29, 0.717) is 36.6 Å². The molecule has 0 saturated carbocycles. The lowest BCUT2D eigenvalue weighted by molar-refractivity contribution is -0.486. The topological polar surface area (TPSA) is 71.2 Å². The number of ether oxygens (including phenoxy) is 1. The summed E-state index contributed by atoms with van der Waals surface area (Å²) in [5.41, 5.74) is 0.863. The molecule has 2 saturated heterocycles. The molecule has 128 valence electrons. The monoisotopic (exact) mass is 350 g/mol. The maximum atomic E-state index is 10.9. The second-order valence-electron chi connectivity index (χ2n) is 5.84. The molecule has 1 atom stereocenters. The Labute approximate surface area is 145 Å². The molecule has 0 radical (unpaired) electrons. The van der Waals surface area contributed by atoms with Gasteiger partial charge in [0.1, 0.15) is 5.10 Å². The van der Waals surface area contributed by atoms with Crippen molar-refractivity contribution in [2.45, 2.75) is 6.42 Å². The summed E-state index contributed by atoms with van der Waals surface area (Å²) in [5.74, 6) is 0.768. The Kier molecular flexibility index (Phi) is 5.32. The zero-order valence-electron chi connectivity index (χ0n) is 13.2. The zero-order valence-corrected chi connectivity index (χ0v) is 13.9. The molecule has 1 aromatic rings. The first-order valence-corrected chi connectivity index (χ1v) is 8.26. The summed E-state index contributed by atoms with van der Waals surface area (Å²) in [6.07, 6.45) is 4.63. The van der Waals surface area contributed by atoms with Crippen LogP contribution in [-0.4, -0.2) is 53.6 Å². The van der Waals surface area contributed by atoms with E-state index in [0.717, 1.165) is 25.1 Å². The Morgan fingerprint density at radius 1 is 1.42 bits per heavy atom. The fraction of sp³-hybridized carbons (Fsp3) is 0.438. The van der Waals surface area contributed by atoms with Gasteiger partial charge in [0.05, 0.1) is 6.61 Å². The van der Waals surface area contributed by atoms with Crippen LogP contribution in [0.4, 0.5) is 0 Å². The van der Waals surface area contributed by atoms with E-state index < -0.39 is 5.03 Å². The molecular formula is C16H19ClN4O3. The van der Waals surface area contributed by atoms with Crippen molar-refractivity contribution in [3.63, 3.8) is 0 Å². The van der Waals surface area contributed by atoms with Gasteiger partial charge in [-0.15, -0.1) is 0 Å². The molecule has 0 spiro atoms. The van der Waals surface area contributed by atoms with Crippen LogP contribution in [0.2, 0.25) is 5.02 Å². The second kappa shape index (κ2) is 7.63. The van der Waals surface area contributed by atoms with Crippen LogP contribution >= 0.6 is 11.6 Å². The molecule has 8 heteroatoms. The number of rotatable bonds is 5. The largest absolute Gasteiger partial charge is 0.381 e. The number of nitro groups is 1. The van der Waals surface area contributed by atoms with Crippen LogP contribution in [0.15, 0.2) is 35.6 Å². The summed E-state index contributed by atoms with van der Waals surface area (Å²) in [7, 11) is 0. The molecule has 3 rings (SSSR count). The van der Waals surface area contributed by atoms with Crippen molar-refractivity contribution in [3.05, 3.63) is 51.2 Å². The van der Waals surface area contributed by atoms with Crippen LogP contribution in [0.25, 0.3) is 6.08 Å². The molecule has 0 aliphatic carbocycles. The molecule has 1 aromatic carbocycles. The number of halogens is 1. The van der Waals surface area contributed by atoms with Gasteiger partial charge in [-0.1, -0.05) is 29.8 Å². The minimum absolute atomic E-state index is 0.371. The molecule has 7 nitrogen and oxygen atoms in total. The number of hydrogen-bond acceptors (Lipinski definition) is 3. The normalized spacial score (nSPS) is 22.9. The van der Waals surface area contributed by atoms with Gasteiger partial charge >= 0.3 is 0 Å². The first-order chi connectivity index (χ1) is 11.6. The molecular weight excluding hydrogens is 332 g/mol. The van der Waals surface area contributed by atoms with Gasteiger partial charge in [0, 0.05) is 43.4 Å². The van der Waals surface area contributed by atoms with E-state index in [2.05, 4.69) is 5.10 Å². The Morgan fingerprint density at radius 3 is 2.96 bits per heavy atom. The molecule has 2 fully saturated rings. The number of guanidine groups is 1. The Bertz CT molecular complexity index is 658. The summed E-state index contributed by atoms with van der Waals surface area (Å²) < 4.78 is 5.39. The minimum atomic E-state index is -0.644. The van der Waals surface area contributed by atoms with E-state index in [1.165, 1.54) is 0 Å². The SMILES string of the molecule is O=[N+]([O-])N=C1N(C=Cc2ccccc2Cl)CCN1CC1CCOC1. The van der Waals surface area contributed by atoms with Gasteiger partial charge in [0.2, 0.25) is 0 Å². The highest BCUT2D eigenvalue weighted by atomic mass is 35.5. The summed E-state index contributed by atoms with van der Waals surface area (Å²) in [5, 5.41) is 14.5. The second-order valence-corrected chi connectivity index (χ2v) is 6.25. The zero-order chi connectivity index (χ0) is 16.9. The van der Waals surface area contributed by atoms with Crippen LogP contribution in [0.3, 0.4) is 0 Å². The number of benzene rings is 1. The predicted molar refractivity (Wildman–Crippen MR) is 92.1 cm³/mol. The molecule has 2 heterocycles. The lowest BCUT2D eigenvalue weighted by Crippen LogP contribution is -2.35. The van der Waals surface area contributed by atoms with E-state index in [1.807, 2.05) is 35.2 Å². The quantitative estimate of drug-likeness (QED) is 0.602. The highest BCUT2D eigenvalue weighted by molar-refractivity contribution is 6.32. The van der Waals surface area contributed by atoms with Gasteiger partial charge in [0.25, 0.3) is 5.96 Å². The third kappa shape index (κ3) is 4.04. The van der Waals surface area contributed by atoms with Crippen LogP contribution in [0, 0.1) is 16.0 Å². The summed E-state index contributed by atoms with van der Waals surface area (Å²) in [6.45, 7) is 3.55. The Morgan fingerprint density at radius 2 is 2.25 bits per heavy atom. The fourth-order valence-electron chi connectivity index (χ4n) is 2.94. The standard InChI is InChI=1S/C16H19ClN4O3/c17-15-4-2-1-3-14(15)5-7-19-8-9-20(16(19)18-21(22)23)11-13-6-10-24-12-13/h1-5,7,13H,6,8-12H2. The van der Waals surface area contributed by atoms with Gasteiger partial charge in [-0.3, -0.25) is 0 Å². The van der Waals surface area contributed by atoms with Gasteiger partial charge < -0.3 is 14.5 Å². The van der Waals surface area contributed by atoms with E-state index in [1.54, 1.807) is 11.1 Å². The molecule has 2 aliphatic rings. The highest BCUT2D eigenvalue weighted by Crippen LogP contribution is 2.20. The molecule has 2 aliphatic heterocycles. The van der Waals surface area contributed by atoms with Gasteiger partial charge in [-0.05, 0) is 24.1 Å².